The third-order valence-electron chi connectivity index (χ3n) is 3.31. The third-order valence-corrected chi connectivity index (χ3v) is 3.31. The molecule has 0 spiro atoms. The lowest BCUT2D eigenvalue weighted by atomic mass is 10.2. The quantitative estimate of drug-likeness (QED) is 0.736. The molecule has 2 rings (SSSR count). The van der Waals surface area contributed by atoms with Crippen LogP contribution in [-0.4, -0.2) is 11.7 Å². The molecule has 0 saturated carbocycles. The maximum atomic E-state index is 11.9. The average Bonchev–Trinajstić information content (AvgIpc) is 2.58. The van der Waals surface area contributed by atoms with Gasteiger partial charge in [-0.2, -0.15) is 0 Å². The summed E-state index contributed by atoms with van der Waals surface area (Å²) in [5, 5.41) is 6.14. The molecule has 1 amide bonds. The van der Waals surface area contributed by atoms with Crippen LogP contribution in [0.15, 0.2) is 78.9 Å². The van der Waals surface area contributed by atoms with Gasteiger partial charge in [0.05, 0.1) is 0 Å². The number of amides is 1. The zero-order valence-corrected chi connectivity index (χ0v) is 15.5. The van der Waals surface area contributed by atoms with Crippen molar-refractivity contribution < 1.29 is 9.53 Å². The van der Waals surface area contributed by atoms with E-state index < -0.39 is 11.7 Å². The highest BCUT2D eigenvalue weighted by Crippen LogP contribution is 2.11. The molecule has 0 aliphatic heterocycles. The van der Waals surface area contributed by atoms with Crippen molar-refractivity contribution in [1.82, 2.24) is 0 Å². The van der Waals surface area contributed by atoms with Crippen LogP contribution in [0.5, 0.6) is 0 Å². The Hall–Kier alpha value is -3.01. The van der Waals surface area contributed by atoms with Crippen LogP contribution in [0.3, 0.4) is 0 Å². The molecule has 0 radical (unpaired) electrons. The minimum absolute atomic E-state index is 0.469. The van der Waals surface area contributed by atoms with E-state index in [2.05, 4.69) is 22.8 Å². The second kappa shape index (κ2) is 9.47. The first-order chi connectivity index (χ1) is 12.4. The molecule has 0 aliphatic rings. The third kappa shape index (κ3) is 7.71. The number of rotatable bonds is 4. The van der Waals surface area contributed by atoms with Gasteiger partial charge in [-0.1, -0.05) is 54.6 Å². The van der Waals surface area contributed by atoms with Gasteiger partial charge in [-0.15, -0.1) is 0 Å². The van der Waals surface area contributed by atoms with Crippen LogP contribution in [0.1, 0.15) is 26.3 Å². The van der Waals surface area contributed by atoms with Gasteiger partial charge < -0.3 is 10.1 Å². The zero-order chi connectivity index (χ0) is 18.8. The van der Waals surface area contributed by atoms with Crippen molar-refractivity contribution in [2.75, 3.05) is 10.6 Å². The molecule has 0 atom stereocenters. The molecule has 0 saturated heterocycles. The highest BCUT2D eigenvalue weighted by Gasteiger charge is 2.15. The Bertz CT molecular complexity index is 739. The highest BCUT2D eigenvalue weighted by atomic mass is 16.6. The summed E-state index contributed by atoms with van der Waals surface area (Å²) in [4.78, 5) is 11.9. The Balaban J connectivity index is 2.05. The summed E-state index contributed by atoms with van der Waals surface area (Å²) in [6.45, 7) is 6.26. The number of anilines is 2. The van der Waals surface area contributed by atoms with Gasteiger partial charge in [-0.3, -0.25) is 5.32 Å². The van der Waals surface area contributed by atoms with Gasteiger partial charge >= 0.3 is 6.09 Å². The summed E-state index contributed by atoms with van der Waals surface area (Å²) < 4.78 is 5.27. The first-order valence-electron chi connectivity index (χ1n) is 8.63. The molecule has 4 heteroatoms. The number of carbonyl (C=O) groups is 1. The fraction of sp³-hybridized carbons (Fsp3) is 0.227. The first-order valence-corrected chi connectivity index (χ1v) is 8.63. The summed E-state index contributed by atoms with van der Waals surface area (Å²) in [5.41, 5.74) is 2.37. The molecule has 0 aliphatic carbocycles. The minimum Gasteiger partial charge on any atom is -0.444 e. The smallest absolute Gasteiger partial charge is 0.412 e. The molecule has 2 aromatic rings. The number of hydrogen-bond acceptors (Lipinski definition) is 3. The summed E-state index contributed by atoms with van der Waals surface area (Å²) in [6, 6.07) is 25.5. The maximum absolute atomic E-state index is 11.9. The van der Waals surface area contributed by atoms with Crippen LogP contribution >= 0.6 is 0 Å². The van der Waals surface area contributed by atoms with Crippen LogP contribution in [-0.2, 0) is 11.3 Å². The predicted molar refractivity (Wildman–Crippen MR) is 108 cm³/mol. The largest absolute Gasteiger partial charge is 0.444 e. The molecule has 136 valence electrons. The van der Waals surface area contributed by atoms with Crippen LogP contribution < -0.4 is 10.6 Å². The first kappa shape index (κ1) is 19.3. The Kier molecular flexibility index (Phi) is 7.03. The molecular weight excluding hydrogens is 324 g/mol. The fourth-order valence-electron chi connectivity index (χ4n) is 2.17. The molecule has 0 fully saturated rings. The lowest BCUT2D eigenvalue weighted by Gasteiger charge is -2.19. The van der Waals surface area contributed by atoms with Crippen LogP contribution in [0, 0.1) is 0 Å². The molecule has 2 aromatic carbocycles. The summed E-state index contributed by atoms with van der Waals surface area (Å²) in [7, 11) is 0. The topological polar surface area (TPSA) is 50.4 Å². The average molecular weight is 350 g/mol. The second-order valence-corrected chi connectivity index (χ2v) is 6.81. The van der Waals surface area contributed by atoms with Crippen molar-refractivity contribution in [1.29, 1.82) is 0 Å². The van der Waals surface area contributed by atoms with E-state index in [0.29, 0.717) is 5.69 Å². The summed E-state index contributed by atoms with van der Waals surface area (Å²) in [5.74, 6) is 0. The second-order valence-electron chi connectivity index (χ2n) is 6.81. The van der Waals surface area contributed by atoms with Gasteiger partial charge in [0.2, 0.25) is 0 Å². The molecule has 0 heterocycles. The highest BCUT2D eigenvalue weighted by molar-refractivity contribution is 5.84. The van der Waals surface area contributed by atoms with E-state index in [0.717, 1.165) is 12.2 Å². The van der Waals surface area contributed by atoms with Gasteiger partial charge in [0.25, 0.3) is 0 Å². The van der Waals surface area contributed by atoms with Crippen molar-refractivity contribution in [3.63, 3.8) is 0 Å². The molecule has 0 bridgehead atoms. The molecular formula is C22H26N2O2. The Labute approximate surface area is 155 Å². The summed E-state index contributed by atoms with van der Waals surface area (Å²) in [6.07, 6.45) is -0.469. The molecule has 0 unspecified atom stereocenters. The Morgan fingerprint density at radius 2 is 1.31 bits per heavy atom. The number of carbonyl (C=O) groups excluding carboxylic acids is 1. The number of ether oxygens (including phenoxy) is 1. The molecule has 4 nitrogen and oxygen atoms in total. The molecule has 26 heavy (non-hydrogen) atoms. The van der Waals surface area contributed by atoms with E-state index >= 15 is 0 Å². The van der Waals surface area contributed by atoms with E-state index in [1.54, 1.807) is 0 Å². The molecule has 0 aromatic heterocycles. The lowest BCUT2D eigenvalue weighted by Crippen LogP contribution is -2.27. The van der Waals surface area contributed by atoms with Crippen LogP contribution in [0.25, 0.3) is 0 Å². The normalized spacial score (nSPS) is 10.4. The van der Waals surface area contributed by atoms with Crippen molar-refractivity contribution in [2.24, 2.45) is 0 Å². The molecule has 2 N–H and O–H groups in total. The SMILES string of the molecule is CC(C)(C)OC(=O)Nc1ccccc(NCc2ccccc2)cccc1. The van der Waals surface area contributed by atoms with Crippen molar-refractivity contribution in [2.45, 2.75) is 32.9 Å². The van der Waals surface area contributed by atoms with Gasteiger partial charge in [0.1, 0.15) is 5.60 Å². The zero-order valence-electron chi connectivity index (χ0n) is 15.5. The van der Waals surface area contributed by atoms with Crippen LogP contribution in [0.4, 0.5) is 16.2 Å². The van der Waals surface area contributed by atoms with Gasteiger partial charge in [-0.05, 0) is 50.6 Å². The Morgan fingerprint density at radius 3 is 1.85 bits per heavy atom. The number of benzene rings is 1. The van der Waals surface area contributed by atoms with Gasteiger partial charge in [0.15, 0.2) is 0 Å². The van der Waals surface area contributed by atoms with E-state index in [1.807, 2.05) is 87.5 Å². The fourth-order valence-corrected chi connectivity index (χ4v) is 2.17. The standard InChI is InChI=1S/C22H26N2O2/c1-22(2,3)26-21(25)24-20-15-9-7-13-19(14-8-10-16-20)23-17-18-11-5-4-6-12-18/h4-16,23H,17H2,1-3H3,(H,24,25). The van der Waals surface area contributed by atoms with Crippen LogP contribution in [0.2, 0.25) is 0 Å². The summed E-state index contributed by atoms with van der Waals surface area (Å²) >= 11 is 0. The van der Waals surface area contributed by atoms with E-state index in [1.165, 1.54) is 5.56 Å². The van der Waals surface area contributed by atoms with E-state index in [-0.39, 0.29) is 0 Å². The monoisotopic (exact) mass is 350 g/mol. The van der Waals surface area contributed by atoms with Crippen molar-refractivity contribution in [3.8, 4) is 0 Å². The number of hydrogen-bond donors (Lipinski definition) is 2. The van der Waals surface area contributed by atoms with E-state index in [9.17, 15) is 4.79 Å². The van der Waals surface area contributed by atoms with Gasteiger partial charge in [0, 0.05) is 17.9 Å². The van der Waals surface area contributed by atoms with Crippen molar-refractivity contribution >= 4 is 17.5 Å². The van der Waals surface area contributed by atoms with E-state index in [4.69, 9.17) is 4.74 Å². The maximum Gasteiger partial charge on any atom is 0.412 e. The van der Waals surface area contributed by atoms with Gasteiger partial charge in [-0.25, -0.2) is 4.79 Å². The number of nitrogens with one attached hydrogen (secondary N) is 2. The lowest BCUT2D eigenvalue weighted by molar-refractivity contribution is 0.0636. The Morgan fingerprint density at radius 1 is 0.808 bits per heavy atom. The predicted octanol–water partition coefficient (Wildman–Crippen LogP) is 5.77. The minimum atomic E-state index is -0.526. The van der Waals surface area contributed by atoms with Crippen molar-refractivity contribution in [3.05, 3.63) is 84.4 Å².